The van der Waals surface area contributed by atoms with E-state index in [0.717, 1.165) is 39.0 Å². The molecule has 2 unspecified atom stereocenters. The first-order valence-corrected chi connectivity index (χ1v) is 8.30. The zero-order valence-electron chi connectivity index (χ0n) is 13.6. The molecule has 5 nitrogen and oxygen atoms in total. The van der Waals surface area contributed by atoms with Gasteiger partial charge in [0.25, 0.3) is 0 Å². The van der Waals surface area contributed by atoms with Crippen LogP contribution in [-0.2, 0) is 9.59 Å². The van der Waals surface area contributed by atoms with Crippen LogP contribution in [0.3, 0.4) is 0 Å². The Hall–Kier alpha value is -1.10. The van der Waals surface area contributed by atoms with Gasteiger partial charge >= 0.3 is 0 Å². The summed E-state index contributed by atoms with van der Waals surface area (Å²) in [5.41, 5.74) is 0. The van der Waals surface area contributed by atoms with Gasteiger partial charge in [-0.2, -0.15) is 0 Å². The van der Waals surface area contributed by atoms with E-state index in [0.29, 0.717) is 24.8 Å². The topological polar surface area (TPSA) is 52.6 Å². The maximum Gasteiger partial charge on any atom is 0.245 e. The molecule has 2 aliphatic rings. The number of hydrogen-bond donors (Lipinski definition) is 1. The van der Waals surface area contributed by atoms with Crippen molar-refractivity contribution in [3.05, 3.63) is 0 Å². The Bertz CT molecular complexity index is 384. The third-order valence-electron chi connectivity index (χ3n) is 4.56. The SMILES string of the molecule is CCN1CCC(CN2CCC(=O)NC(CC(C)C)C2=O)C1. The first-order chi connectivity index (χ1) is 9.99. The molecule has 1 N–H and O–H groups in total. The van der Waals surface area contributed by atoms with E-state index in [4.69, 9.17) is 0 Å². The monoisotopic (exact) mass is 295 g/mol. The van der Waals surface area contributed by atoms with Gasteiger partial charge in [0, 0.05) is 26.1 Å². The maximum atomic E-state index is 12.7. The van der Waals surface area contributed by atoms with Crippen LogP contribution in [0.5, 0.6) is 0 Å². The lowest BCUT2D eigenvalue weighted by Gasteiger charge is -2.27. The van der Waals surface area contributed by atoms with E-state index in [1.165, 1.54) is 0 Å². The molecular weight excluding hydrogens is 266 g/mol. The number of amides is 2. The van der Waals surface area contributed by atoms with Crippen LogP contribution in [0.25, 0.3) is 0 Å². The second-order valence-corrected chi connectivity index (χ2v) is 6.83. The Morgan fingerprint density at radius 3 is 2.67 bits per heavy atom. The van der Waals surface area contributed by atoms with Crippen molar-refractivity contribution in [1.29, 1.82) is 0 Å². The number of likely N-dealkylation sites (tertiary alicyclic amines) is 1. The van der Waals surface area contributed by atoms with Gasteiger partial charge in [-0.3, -0.25) is 9.59 Å². The molecule has 2 aliphatic heterocycles. The molecule has 0 aromatic heterocycles. The van der Waals surface area contributed by atoms with Crippen LogP contribution in [-0.4, -0.2) is 60.4 Å². The quantitative estimate of drug-likeness (QED) is 0.826. The molecule has 0 aromatic rings. The van der Waals surface area contributed by atoms with Gasteiger partial charge in [-0.05, 0) is 37.8 Å². The maximum absolute atomic E-state index is 12.7. The fourth-order valence-corrected chi connectivity index (χ4v) is 3.37. The van der Waals surface area contributed by atoms with Crippen molar-refractivity contribution < 1.29 is 9.59 Å². The molecule has 2 saturated heterocycles. The van der Waals surface area contributed by atoms with Crippen LogP contribution in [0.1, 0.15) is 40.0 Å². The van der Waals surface area contributed by atoms with E-state index >= 15 is 0 Å². The van der Waals surface area contributed by atoms with E-state index in [1.54, 1.807) is 0 Å². The Balaban J connectivity index is 1.97. The zero-order chi connectivity index (χ0) is 15.4. The van der Waals surface area contributed by atoms with Crippen molar-refractivity contribution in [2.75, 3.05) is 32.7 Å². The minimum absolute atomic E-state index is 0.0121. The first kappa shape index (κ1) is 16.3. The Labute approximate surface area is 128 Å². The summed E-state index contributed by atoms with van der Waals surface area (Å²) in [6.07, 6.45) is 2.32. The largest absolute Gasteiger partial charge is 0.344 e. The number of nitrogens with zero attached hydrogens (tertiary/aromatic N) is 2. The molecule has 2 atom stereocenters. The molecule has 0 radical (unpaired) electrons. The van der Waals surface area contributed by atoms with Crippen LogP contribution in [0.15, 0.2) is 0 Å². The summed E-state index contributed by atoms with van der Waals surface area (Å²) in [6.45, 7) is 11.0. The van der Waals surface area contributed by atoms with Crippen molar-refractivity contribution in [3.8, 4) is 0 Å². The Morgan fingerprint density at radius 1 is 1.29 bits per heavy atom. The minimum atomic E-state index is -0.330. The molecule has 21 heavy (non-hydrogen) atoms. The first-order valence-electron chi connectivity index (χ1n) is 8.30. The molecule has 0 aromatic carbocycles. The van der Waals surface area contributed by atoms with Gasteiger partial charge in [-0.15, -0.1) is 0 Å². The van der Waals surface area contributed by atoms with Crippen LogP contribution >= 0.6 is 0 Å². The van der Waals surface area contributed by atoms with Crippen molar-refractivity contribution in [2.45, 2.75) is 46.1 Å². The van der Waals surface area contributed by atoms with Gasteiger partial charge in [0.15, 0.2) is 0 Å². The summed E-state index contributed by atoms with van der Waals surface area (Å²) >= 11 is 0. The molecule has 5 heteroatoms. The lowest BCUT2D eigenvalue weighted by atomic mass is 10.0. The van der Waals surface area contributed by atoms with Gasteiger partial charge < -0.3 is 15.1 Å². The molecule has 2 rings (SSSR count). The summed E-state index contributed by atoms with van der Waals surface area (Å²) in [6, 6.07) is -0.330. The van der Waals surface area contributed by atoms with Gasteiger partial charge in [0.1, 0.15) is 6.04 Å². The highest BCUT2D eigenvalue weighted by atomic mass is 16.2. The second-order valence-electron chi connectivity index (χ2n) is 6.83. The number of nitrogens with one attached hydrogen (secondary N) is 1. The lowest BCUT2D eigenvalue weighted by molar-refractivity contribution is -0.134. The lowest BCUT2D eigenvalue weighted by Crippen LogP contribution is -2.46. The van der Waals surface area contributed by atoms with Crippen LogP contribution < -0.4 is 5.32 Å². The van der Waals surface area contributed by atoms with Gasteiger partial charge in [0.2, 0.25) is 11.8 Å². The van der Waals surface area contributed by atoms with Crippen LogP contribution in [0, 0.1) is 11.8 Å². The predicted octanol–water partition coefficient (Wildman–Crippen LogP) is 1.09. The van der Waals surface area contributed by atoms with Gasteiger partial charge in [0.05, 0.1) is 0 Å². The van der Waals surface area contributed by atoms with Gasteiger partial charge in [-0.25, -0.2) is 0 Å². The Kier molecular flexibility index (Phi) is 5.62. The second kappa shape index (κ2) is 7.25. The van der Waals surface area contributed by atoms with Crippen molar-refractivity contribution in [3.63, 3.8) is 0 Å². The highest BCUT2D eigenvalue weighted by molar-refractivity contribution is 5.89. The van der Waals surface area contributed by atoms with E-state index < -0.39 is 0 Å². The summed E-state index contributed by atoms with van der Waals surface area (Å²) in [7, 11) is 0. The molecule has 2 heterocycles. The molecule has 2 fully saturated rings. The molecule has 0 aliphatic carbocycles. The number of hydrogen-bond acceptors (Lipinski definition) is 3. The average Bonchev–Trinajstić information content (AvgIpc) is 2.84. The minimum Gasteiger partial charge on any atom is -0.344 e. The summed E-state index contributed by atoms with van der Waals surface area (Å²) in [5, 5.41) is 2.89. The highest BCUT2D eigenvalue weighted by Crippen LogP contribution is 2.19. The number of rotatable bonds is 5. The third kappa shape index (κ3) is 4.43. The summed E-state index contributed by atoms with van der Waals surface area (Å²) < 4.78 is 0. The predicted molar refractivity (Wildman–Crippen MR) is 82.8 cm³/mol. The summed E-state index contributed by atoms with van der Waals surface area (Å²) in [5.74, 6) is 1.09. The van der Waals surface area contributed by atoms with E-state index in [9.17, 15) is 9.59 Å². The molecule has 0 saturated carbocycles. The Morgan fingerprint density at radius 2 is 2.05 bits per heavy atom. The molecule has 2 amide bonds. The molecule has 120 valence electrons. The fourth-order valence-electron chi connectivity index (χ4n) is 3.37. The average molecular weight is 295 g/mol. The molecular formula is C16H29N3O2. The normalized spacial score (nSPS) is 28.1. The number of carbonyl (C=O) groups excluding carboxylic acids is 2. The van der Waals surface area contributed by atoms with Crippen molar-refractivity contribution >= 4 is 11.8 Å². The van der Waals surface area contributed by atoms with E-state index in [-0.39, 0.29) is 17.9 Å². The van der Waals surface area contributed by atoms with E-state index in [1.807, 2.05) is 4.90 Å². The summed E-state index contributed by atoms with van der Waals surface area (Å²) in [4.78, 5) is 28.8. The molecule has 0 bridgehead atoms. The molecule has 0 spiro atoms. The fraction of sp³-hybridized carbons (Fsp3) is 0.875. The number of carbonyl (C=O) groups is 2. The van der Waals surface area contributed by atoms with Crippen molar-refractivity contribution in [1.82, 2.24) is 15.1 Å². The highest BCUT2D eigenvalue weighted by Gasteiger charge is 2.32. The smallest absolute Gasteiger partial charge is 0.245 e. The zero-order valence-corrected chi connectivity index (χ0v) is 13.6. The standard InChI is InChI=1S/C16H29N3O2/c1-4-18-7-5-13(10-18)11-19-8-6-15(20)17-14(16(19)21)9-12(2)3/h12-14H,4-11H2,1-3H3,(H,17,20). The van der Waals surface area contributed by atoms with Gasteiger partial charge in [-0.1, -0.05) is 20.8 Å². The van der Waals surface area contributed by atoms with Crippen molar-refractivity contribution in [2.24, 2.45) is 11.8 Å². The van der Waals surface area contributed by atoms with E-state index in [2.05, 4.69) is 31.0 Å². The van der Waals surface area contributed by atoms with Crippen LogP contribution in [0.4, 0.5) is 0 Å². The third-order valence-corrected chi connectivity index (χ3v) is 4.56. The van der Waals surface area contributed by atoms with Crippen LogP contribution in [0.2, 0.25) is 0 Å².